The summed E-state index contributed by atoms with van der Waals surface area (Å²) in [7, 11) is 3.05. The van der Waals surface area contributed by atoms with Crippen LogP contribution in [-0.2, 0) is 11.2 Å². The molecule has 110 valence electrons. The molecule has 0 bridgehead atoms. The molecule has 0 aromatic heterocycles. The summed E-state index contributed by atoms with van der Waals surface area (Å²) in [6, 6.07) is 12.8. The number of methoxy groups -OCH3 is 2. The Balaban J connectivity index is 2.15. The maximum Gasteiger partial charge on any atom is 0.228 e. The van der Waals surface area contributed by atoms with Gasteiger partial charge in [0.2, 0.25) is 5.91 Å². The SMILES string of the molecule is COc1cc(OC)c(NC(=O)Cc2ccccc2)cc1Cl. The van der Waals surface area contributed by atoms with E-state index in [1.54, 1.807) is 12.1 Å². The first-order valence-electron chi connectivity index (χ1n) is 6.39. The van der Waals surface area contributed by atoms with Crippen LogP contribution in [0.4, 0.5) is 5.69 Å². The number of rotatable bonds is 5. The van der Waals surface area contributed by atoms with Crippen molar-refractivity contribution in [2.24, 2.45) is 0 Å². The Bertz CT molecular complexity index is 629. The minimum atomic E-state index is -0.138. The van der Waals surface area contributed by atoms with Gasteiger partial charge in [0.05, 0.1) is 31.4 Å². The van der Waals surface area contributed by atoms with Crippen LogP contribution in [0.1, 0.15) is 5.56 Å². The highest BCUT2D eigenvalue weighted by atomic mass is 35.5. The van der Waals surface area contributed by atoms with E-state index >= 15 is 0 Å². The molecule has 2 aromatic carbocycles. The van der Waals surface area contributed by atoms with E-state index in [9.17, 15) is 4.79 Å². The number of anilines is 1. The maximum atomic E-state index is 12.1. The lowest BCUT2D eigenvalue weighted by Gasteiger charge is -2.13. The molecule has 1 N–H and O–H groups in total. The van der Waals surface area contributed by atoms with Gasteiger partial charge in [0.1, 0.15) is 11.5 Å². The van der Waals surface area contributed by atoms with Crippen LogP contribution in [0, 0.1) is 0 Å². The van der Waals surface area contributed by atoms with E-state index in [1.165, 1.54) is 14.2 Å². The largest absolute Gasteiger partial charge is 0.495 e. The molecule has 0 saturated heterocycles. The molecule has 0 aliphatic rings. The lowest BCUT2D eigenvalue weighted by atomic mass is 10.1. The van der Waals surface area contributed by atoms with Crippen molar-refractivity contribution in [3.63, 3.8) is 0 Å². The van der Waals surface area contributed by atoms with Crippen molar-refractivity contribution >= 4 is 23.2 Å². The second-order valence-electron chi connectivity index (χ2n) is 4.40. The van der Waals surface area contributed by atoms with Crippen molar-refractivity contribution in [2.45, 2.75) is 6.42 Å². The second-order valence-corrected chi connectivity index (χ2v) is 4.80. The van der Waals surface area contributed by atoms with Gasteiger partial charge in [0, 0.05) is 6.07 Å². The minimum absolute atomic E-state index is 0.138. The highest BCUT2D eigenvalue weighted by Crippen LogP contribution is 2.35. The van der Waals surface area contributed by atoms with Crippen molar-refractivity contribution in [2.75, 3.05) is 19.5 Å². The number of hydrogen-bond donors (Lipinski definition) is 1. The molecule has 1 amide bonds. The Morgan fingerprint density at radius 1 is 1.10 bits per heavy atom. The first kappa shape index (κ1) is 15.2. The third-order valence-electron chi connectivity index (χ3n) is 2.96. The Hall–Kier alpha value is -2.20. The van der Waals surface area contributed by atoms with Crippen LogP contribution in [0.3, 0.4) is 0 Å². The number of ether oxygens (including phenoxy) is 2. The summed E-state index contributed by atoms with van der Waals surface area (Å²) < 4.78 is 10.4. The van der Waals surface area contributed by atoms with E-state index in [0.717, 1.165) is 5.56 Å². The smallest absolute Gasteiger partial charge is 0.228 e. The molecule has 0 spiro atoms. The van der Waals surface area contributed by atoms with Crippen LogP contribution in [0.5, 0.6) is 11.5 Å². The van der Waals surface area contributed by atoms with Gasteiger partial charge in [-0.2, -0.15) is 0 Å². The van der Waals surface area contributed by atoms with Crippen LogP contribution in [0.15, 0.2) is 42.5 Å². The number of carbonyl (C=O) groups is 1. The second kappa shape index (κ2) is 6.99. The molecule has 5 heteroatoms. The molecule has 4 nitrogen and oxygen atoms in total. The fourth-order valence-corrected chi connectivity index (χ4v) is 2.17. The van der Waals surface area contributed by atoms with Gasteiger partial charge in [-0.25, -0.2) is 0 Å². The van der Waals surface area contributed by atoms with Crippen molar-refractivity contribution in [1.29, 1.82) is 0 Å². The minimum Gasteiger partial charge on any atom is -0.495 e. The summed E-state index contributed by atoms with van der Waals surface area (Å²) >= 11 is 6.07. The normalized spacial score (nSPS) is 10.0. The lowest BCUT2D eigenvalue weighted by Crippen LogP contribution is -2.15. The number of benzene rings is 2. The van der Waals surface area contributed by atoms with Crippen LogP contribution < -0.4 is 14.8 Å². The monoisotopic (exact) mass is 305 g/mol. The molecule has 0 aliphatic heterocycles. The van der Waals surface area contributed by atoms with Gasteiger partial charge in [-0.1, -0.05) is 41.9 Å². The summed E-state index contributed by atoms with van der Waals surface area (Å²) in [4.78, 5) is 12.1. The fourth-order valence-electron chi connectivity index (χ4n) is 1.93. The van der Waals surface area contributed by atoms with Crippen molar-refractivity contribution < 1.29 is 14.3 Å². The van der Waals surface area contributed by atoms with E-state index in [0.29, 0.717) is 22.2 Å². The molecule has 0 unspecified atom stereocenters. The number of hydrogen-bond acceptors (Lipinski definition) is 3. The topological polar surface area (TPSA) is 47.6 Å². The average molecular weight is 306 g/mol. The Morgan fingerprint density at radius 3 is 2.38 bits per heavy atom. The van der Waals surface area contributed by atoms with E-state index in [1.807, 2.05) is 30.3 Å². The molecule has 0 radical (unpaired) electrons. The van der Waals surface area contributed by atoms with Gasteiger partial charge in [-0.05, 0) is 11.6 Å². The lowest BCUT2D eigenvalue weighted by molar-refractivity contribution is -0.115. The van der Waals surface area contributed by atoms with Crippen molar-refractivity contribution in [1.82, 2.24) is 0 Å². The molecule has 2 rings (SSSR count). The molecule has 0 saturated carbocycles. The number of nitrogens with one attached hydrogen (secondary N) is 1. The molecule has 0 heterocycles. The average Bonchev–Trinajstić information content (AvgIpc) is 2.48. The highest BCUT2D eigenvalue weighted by molar-refractivity contribution is 6.32. The number of amides is 1. The first-order chi connectivity index (χ1) is 10.1. The molecule has 2 aromatic rings. The van der Waals surface area contributed by atoms with Gasteiger partial charge in [0.15, 0.2) is 0 Å². The summed E-state index contributed by atoms with van der Waals surface area (Å²) in [6.45, 7) is 0. The van der Waals surface area contributed by atoms with E-state index in [2.05, 4.69) is 5.32 Å². The molecular weight excluding hydrogens is 290 g/mol. The molecule has 21 heavy (non-hydrogen) atoms. The third-order valence-corrected chi connectivity index (χ3v) is 3.25. The van der Waals surface area contributed by atoms with Gasteiger partial charge in [0.25, 0.3) is 0 Å². The Kier molecular flexibility index (Phi) is 5.06. The zero-order valence-electron chi connectivity index (χ0n) is 11.9. The Morgan fingerprint density at radius 2 is 1.76 bits per heavy atom. The number of halogens is 1. The maximum absolute atomic E-state index is 12.1. The molecule has 0 fully saturated rings. The zero-order valence-corrected chi connectivity index (χ0v) is 12.6. The van der Waals surface area contributed by atoms with Crippen LogP contribution in [-0.4, -0.2) is 20.1 Å². The highest BCUT2D eigenvalue weighted by Gasteiger charge is 2.12. The summed E-state index contributed by atoms with van der Waals surface area (Å²) in [5.74, 6) is 0.855. The van der Waals surface area contributed by atoms with Gasteiger partial charge in [-0.3, -0.25) is 4.79 Å². The zero-order chi connectivity index (χ0) is 15.2. The standard InChI is InChI=1S/C16H16ClNO3/c1-20-14-10-15(21-2)13(9-12(14)17)18-16(19)8-11-6-4-3-5-7-11/h3-7,9-10H,8H2,1-2H3,(H,18,19). The van der Waals surface area contributed by atoms with Gasteiger partial charge >= 0.3 is 0 Å². The van der Waals surface area contributed by atoms with E-state index in [-0.39, 0.29) is 12.3 Å². The van der Waals surface area contributed by atoms with Gasteiger partial charge < -0.3 is 14.8 Å². The van der Waals surface area contributed by atoms with E-state index < -0.39 is 0 Å². The van der Waals surface area contributed by atoms with Crippen molar-refractivity contribution in [3.05, 3.63) is 53.1 Å². The third kappa shape index (κ3) is 3.89. The molecule has 0 aliphatic carbocycles. The van der Waals surface area contributed by atoms with Crippen molar-refractivity contribution in [3.8, 4) is 11.5 Å². The molecule has 0 atom stereocenters. The fraction of sp³-hybridized carbons (Fsp3) is 0.188. The first-order valence-corrected chi connectivity index (χ1v) is 6.77. The molecular formula is C16H16ClNO3. The Labute approximate surface area is 128 Å². The van der Waals surface area contributed by atoms with E-state index in [4.69, 9.17) is 21.1 Å². The van der Waals surface area contributed by atoms with Crippen LogP contribution in [0.2, 0.25) is 5.02 Å². The predicted molar refractivity (Wildman–Crippen MR) is 83.3 cm³/mol. The van der Waals surface area contributed by atoms with Crippen LogP contribution in [0.25, 0.3) is 0 Å². The number of carbonyl (C=O) groups excluding carboxylic acids is 1. The summed E-state index contributed by atoms with van der Waals surface area (Å²) in [5, 5.41) is 3.21. The van der Waals surface area contributed by atoms with Crippen LogP contribution >= 0.6 is 11.6 Å². The quantitative estimate of drug-likeness (QED) is 0.919. The summed E-state index contributed by atoms with van der Waals surface area (Å²) in [5.41, 5.74) is 1.46. The summed E-state index contributed by atoms with van der Waals surface area (Å²) in [6.07, 6.45) is 0.285. The van der Waals surface area contributed by atoms with Gasteiger partial charge in [-0.15, -0.1) is 0 Å². The predicted octanol–water partition coefficient (Wildman–Crippen LogP) is 3.54.